The van der Waals surface area contributed by atoms with Gasteiger partial charge in [-0.05, 0) is 33.2 Å². The minimum absolute atomic E-state index is 0.116. The van der Waals surface area contributed by atoms with E-state index < -0.39 is 16.1 Å². The SMILES string of the molecule is Cc1nn(C)c(C)c1S(=O)(=O)NC(C)C(=O)NCC(C)CN. The summed E-state index contributed by atoms with van der Waals surface area (Å²) in [6.45, 7) is 7.55. The van der Waals surface area contributed by atoms with Crippen LogP contribution in [-0.4, -0.2) is 43.2 Å². The number of carbonyl (C=O) groups is 1. The van der Waals surface area contributed by atoms with E-state index in [0.717, 1.165) is 0 Å². The lowest BCUT2D eigenvalue weighted by molar-refractivity contribution is -0.122. The van der Waals surface area contributed by atoms with Crippen molar-refractivity contribution in [2.75, 3.05) is 13.1 Å². The van der Waals surface area contributed by atoms with Crippen molar-refractivity contribution < 1.29 is 13.2 Å². The molecule has 2 unspecified atom stereocenters. The van der Waals surface area contributed by atoms with E-state index in [-0.39, 0.29) is 16.7 Å². The summed E-state index contributed by atoms with van der Waals surface area (Å²) >= 11 is 0. The van der Waals surface area contributed by atoms with Gasteiger partial charge in [0.15, 0.2) is 0 Å². The molecule has 1 amide bonds. The number of aromatic nitrogens is 2. The van der Waals surface area contributed by atoms with E-state index >= 15 is 0 Å². The van der Waals surface area contributed by atoms with Crippen LogP contribution < -0.4 is 15.8 Å². The number of rotatable bonds is 7. The fourth-order valence-electron chi connectivity index (χ4n) is 2.00. The van der Waals surface area contributed by atoms with Gasteiger partial charge in [-0.3, -0.25) is 9.48 Å². The number of carbonyl (C=O) groups excluding carboxylic acids is 1. The fraction of sp³-hybridized carbons (Fsp3) is 0.692. The molecule has 4 N–H and O–H groups in total. The molecule has 0 aliphatic heterocycles. The molecule has 9 heteroatoms. The molecule has 0 aromatic carbocycles. The van der Waals surface area contributed by atoms with Crippen molar-refractivity contribution >= 4 is 15.9 Å². The lowest BCUT2D eigenvalue weighted by Crippen LogP contribution is -2.46. The Hall–Kier alpha value is -1.45. The van der Waals surface area contributed by atoms with Gasteiger partial charge in [0, 0.05) is 13.6 Å². The van der Waals surface area contributed by atoms with Crippen LogP contribution in [0.5, 0.6) is 0 Å². The first kappa shape index (κ1) is 18.6. The van der Waals surface area contributed by atoms with Crippen LogP contribution in [-0.2, 0) is 21.9 Å². The third-order valence-corrected chi connectivity index (χ3v) is 5.26. The van der Waals surface area contributed by atoms with E-state index in [0.29, 0.717) is 24.5 Å². The monoisotopic (exact) mass is 331 g/mol. The Morgan fingerprint density at radius 2 is 1.95 bits per heavy atom. The molecule has 8 nitrogen and oxygen atoms in total. The van der Waals surface area contributed by atoms with Crippen LogP contribution in [0.4, 0.5) is 0 Å². The van der Waals surface area contributed by atoms with Gasteiger partial charge in [0.1, 0.15) is 4.90 Å². The van der Waals surface area contributed by atoms with Gasteiger partial charge in [0.25, 0.3) is 0 Å². The largest absolute Gasteiger partial charge is 0.354 e. The van der Waals surface area contributed by atoms with Crippen LogP contribution >= 0.6 is 0 Å². The summed E-state index contributed by atoms with van der Waals surface area (Å²) in [6.07, 6.45) is 0. The number of hydrogen-bond acceptors (Lipinski definition) is 5. The molecule has 0 bridgehead atoms. The van der Waals surface area contributed by atoms with E-state index in [4.69, 9.17) is 5.73 Å². The highest BCUT2D eigenvalue weighted by Crippen LogP contribution is 2.18. The second-order valence-corrected chi connectivity index (χ2v) is 7.20. The van der Waals surface area contributed by atoms with Crippen LogP contribution in [0.1, 0.15) is 25.2 Å². The standard InChI is InChI=1S/C13H25N5O3S/c1-8(6-14)7-15-13(19)10(3)17-22(20,21)12-9(2)16-18(5)11(12)4/h8,10,17H,6-7,14H2,1-5H3,(H,15,19). The van der Waals surface area contributed by atoms with Crippen molar-refractivity contribution in [1.29, 1.82) is 0 Å². The topological polar surface area (TPSA) is 119 Å². The van der Waals surface area contributed by atoms with Crippen molar-refractivity contribution in [3.63, 3.8) is 0 Å². The molecule has 1 heterocycles. The Bertz CT molecular complexity index is 638. The highest BCUT2D eigenvalue weighted by atomic mass is 32.2. The highest BCUT2D eigenvalue weighted by Gasteiger charge is 2.27. The summed E-state index contributed by atoms with van der Waals surface area (Å²) in [5.74, 6) is -0.251. The predicted molar refractivity (Wildman–Crippen MR) is 83.7 cm³/mol. The molecule has 1 rings (SSSR count). The summed E-state index contributed by atoms with van der Waals surface area (Å²) in [7, 11) is -2.14. The molecule has 0 saturated carbocycles. The zero-order valence-electron chi connectivity index (χ0n) is 13.7. The number of hydrogen-bond donors (Lipinski definition) is 3. The van der Waals surface area contributed by atoms with E-state index in [1.165, 1.54) is 11.6 Å². The summed E-state index contributed by atoms with van der Waals surface area (Å²) in [5, 5.41) is 6.76. The summed E-state index contributed by atoms with van der Waals surface area (Å²) in [5.41, 5.74) is 6.40. The first-order valence-electron chi connectivity index (χ1n) is 7.10. The average molecular weight is 331 g/mol. The first-order valence-corrected chi connectivity index (χ1v) is 8.58. The van der Waals surface area contributed by atoms with Crippen LogP contribution in [0.15, 0.2) is 4.90 Å². The van der Waals surface area contributed by atoms with Gasteiger partial charge >= 0.3 is 0 Å². The van der Waals surface area contributed by atoms with Gasteiger partial charge in [-0.15, -0.1) is 0 Å². The molecule has 1 aromatic heterocycles. The molecule has 2 atom stereocenters. The van der Waals surface area contributed by atoms with Gasteiger partial charge < -0.3 is 11.1 Å². The molecule has 0 radical (unpaired) electrons. The van der Waals surface area contributed by atoms with Crippen LogP contribution in [0.25, 0.3) is 0 Å². The molecule has 0 aliphatic rings. The van der Waals surface area contributed by atoms with Crippen LogP contribution in [0.2, 0.25) is 0 Å². The first-order chi connectivity index (χ1) is 10.1. The minimum atomic E-state index is -3.81. The molecule has 0 fully saturated rings. The fourth-order valence-corrected chi connectivity index (χ4v) is 3.64. The maximum absolute atomic E-state index is 12.4. The maximum Gasteiger partial charge on any atom is 0.244 e. The van der Waals surface area contributed by atoms with Gasteiger partial charge in [-0.1, -0.05) is 6.92 Å². The summed E-state index contributed by atoms with van der Waals surface area (Å²) < 4.78 is 28.7. The lowest BCUT2D eigenvalue weighted by Gasteiger charge is -2.16. The Balaban J connectivity index is 2.82. The number of nitrogens with two attached hydrogens (primary N) is 1. The van der Waals surface area contributed by atoms with Gasteiger partial charge in [-0.25, -0.2) is 8.42 Å². The van der Waals surface area contributed by atoms with Crippen molar-refractivity contribution in [1.82, 2.24) is 19.8 Å². The number of sulfonamides is 1. The second-order valence-electron chi connectivity index (χ2n) is 5.55. The van der Waals surface area contributed by atoms with E-state index in [1.54, 1.807) is 20.9 Å². The molecule has 0 spiro atoms. The zero-order valence-corrected chi connectivity index (χ0v) is 14.5. The number of nitrogens with zero attached hydrogens (tertiary/aromatic N) is 2. The van der Waals surface area contributed by atoms with Crippen LogP contribution in [0, 0.1) is 19.8 Å². The normalized spacial score (nSPS) is 14.6. The average Bonchev–Trinajstić information content (AvgIpc) is 2.68. The van der Waals surface area contributed by atoms with Crippen LogP contribution in [0.3, 0.4) is 0 Å². The molecule has 22 heavy (non-hydrogen) atoms. The Labute approximate surface area is 131 Å². The van der Waals surface area contributed by atoms with E-state index in [9.17, 15) is 13.2 Å². The molecule has 0 saturated heterocycles. The van der Waals surface area contributed by atoms with Crippen molar-refractivity contribution in [3.8, 4) is 0 Å². The van der Waals surface area contributed by atoms with Gasteiger partial charge in [0.2, 0.25) is 15.9 Å². The predicted octanol–water partition coefficient (Wildman–Crippen LogP) is -0.585. The number of nitrogens with one attached hydrogen (secondary N) is 2. The molecule has 126 valence electrons. The zero-order chi connectivity index (χ0) is 17.1. The Morgan fingerprint density at radius 1 is 1.36 bits per heavy atom. The molecule has 0 aliphatic carbocycles. The number of aryl methyl sites for hydroxylation is 2. The Kier molecular flexibility index (Phi) is 6.09. The number of amides is 1. The third kappa shape index (κ3) is 4.28. The Morgan fingerprint density at radius 3 is 2.41 bits per heavy atom. The quantitative estimate of drug-likeness (QED) is 0.617. The molecule has 1 aromatic rings. The smallest absolute Gasteiger partial charge is 0.244 e. The van der Waals surface area contributed by atoms with E-state index in [2.05, 4.69) is 15.1 Å². The highest BCUT2D eigenvalue weighted by molar-refractivity contribution is 7.89. The maximum atomic E-state index is 12.4. The molecular weight excluding hydrogens is 306 g/mol. The lowest BCUT2D eigenvalue weighted by atomic mass is 10.2. The van der Waals surface area contributed by atoms with Crippen molar-refractivity contribution in [3.05, 3.63) is 11.4 Å². The summed E-state index contributed by atoms with van der Waals surface area (Å²) in [6, 6.07) is -0.881. The van der Waals surface area contributed by atoms with E-state index in [1.807, 2.05) is 6.92 Å². The van der Waals surface area contributed by atoms with Crippen molar-refractivity contribution in [2.45, 2.75) is 38.6 Å². The molecular formula is C13H25N5O3S. The minimum Gasteiger partial charge on any atom is -0.354 e. The van der Waals surface area contributed by atoms with Gasteiger partial charge in [-0.2, -0.15) is 9.82 Å². The second kappa shape index (κ2) is 7.21. The van der Waals surface area contributed by atoms with Gasteiger partial charge in [0.05, 0.1) is 17.4 Å². The third-order valence-electron chi connectivity index (χ3n) is 3.46. The van der Waals surface area contributed by atoms with Crippen molar-refractivity contribution in [2.24, 2.45) is 18.7 Å². The summed E-state index contributed by atoms with van der Waals surface area (Å²) in [4.78, 5) is 12.1.